The van der Waals surface area contributed by atoms with Gasteiger partial charge < -0.3 is 9.30 Å². The maximum Gasteiger partial charge on any atom is 0.114 e. The molecule has 0 radical (unpaired) electrons. The third-order valence-corrected chi connectivity index (χ3v) is 2.86. The number of aryl methyl sites for hydroxylation is 1. The summed E-state index contributed by atoms with van der Waals surface area (Å²) in [5, 5.41) is 0. The Hall–Kier alpha value is -0.830. The lowest BCUT2D eigenvalue weighted by molar-refractivity contribution is 0.153. The Bertz CT molecular complexity index is 319. The SMILES string of the molecule is COCC1CC(C)Cn2cc(C)nc21. The van der Waals surface area contributed by atoms with Gasteiger partial charge in [-0.25, -0.2) is 4.98 Å². The number of rotatable bonds is 2. The van der Waals surface area contributed by atoms with Crippen molar-refractivity contribution in [1.29, 1.82) is 0 Å². The first-order chi connectivity index (χ1) is 6.70. The van der Waals surface area contributed by atoms with Crippen molar-refractivity contribution in [3.63, 3.8) is 0 Å². The van der Waals surface area contributed by atoms with E-state index in [-0.39, 0.29) is 0 Å². The number of fused-ring (bicyclic) bond motifs is 1. The molecule has 0 saturated heterocycles. The van der Waals surface area contributed by atoms with Crippen molar-refractivity contribution < 1.29 is 4.74 Å². The zero-order chi connectivity index (χ0) is 10.1. The fraction of sp³-hybridized carbons (Fsp3) is 0.727. The highest BCUT2D eigenvalue weighted by molar-refractivity contribution is 5.10. The molecule has 0 aromatic carbocycles. The monoisotopic (exact) mass is 194 g/mol. The highest BCUT2D eigenvalue weighted by Gasteiger charge is 2.26. The van der Waals surface area contributed by atoms with Gasteiger partial charge in [0.25, 0.3) is 0 Å². The molecule has 0 N–H and O–H groups in total. The molecular formula is C11H18N2O. The molecule has 1 aliphatic rings. The van der Waals surface area contributed by atoms with Crippen LogP contribution in [-0.2, 0) is 11.3 Å². The van der Waals surface area contributed by atoms with Crippen molar-refractivity contribution >= 4 is 0 Å². The van der Waals surface area contributed by atoms with E-state index in [2.05, 4.69) is 29.6 Å². The molecule has 2 rings (SSSR count). The van der Waals surface area contributed by atoms with Gasteiger partial charge in [-0.3, -0.25) is 0 Å². The lowest BCUT2D eigenvalue weighted by atomic mass is 9.92. The average Bonchev–Trinajstić information content (AvgIpc) is 2.45. The summed E-state index contributed by atoms with van der Waals surface area (Å²) in [6.45, 7) is 6.25. The molecule has 0 amide bonds. The number of imidazole rings is 1. The zero-order valence-corrected chi connectivity index (χ0v) is 9.16. The van der Waals surface area contributed by atoms with Gasteiger partial charge in [0.05, 0.1) is 12.3 Å². The Balaban J connectivity index is 2.28. The van der Waals surface area contributed by atoms with E-state index in [4.69, 9.17) is 4.74 Å². The molecule has 0 bridgehead atoms. The molecule has 1 aliphatic heterocycles. The second-order valence-corrected chi connectivity index (χ2v) is 4.39. The minimum absolute atomic E-state index is 0.484. The van der Waals surface area contributed by atoms with Crippen LogP contribution in [0.5, 0.6) is 0 Å². The van der Waals surface area contributed by atoms with E-state index < -0.39 is 0 Å². The number of hydrogen-bond donors (Lipinski definition) is 0. The topological polar surface area (TPSA) is 27.1 Å². The van der Waals surface area contributed by atoms with Crippen LogP contribution < -0.4 is 0 Å². The Morgan fingerprint density at radius 3 is 3.14 bits per heavy atom. The van der Waals surface area contributed by atoms with E-state index >= 15 is 0 Å². The molecule has 14 heavy (non-hydrogen) atoms. The van der Waals surface area contributed by atoms with Crippen LogP contribution in [0.2, 0.25) is 0 Å². The standard InChI is InChI=1S/C11H18N2O/c1-8-4-10(7-14-3)11-12-9(2)6-13(11)5-8/h6,8,10H,4-5,7H2,1-3H3. The summed E-state index contributed by atoms with van der Waals surface area (Å²) in [5.41, 5.74) is 1.12. The Morgan fingerprint density at radius 2 is 2.43 bits per heavy atom. The van der Waals surface area contributed by atoms with Gasteiger partial charge in [-0.1, -0.05) is 6.92 Å². The lowest BCUT2D eigenvalue weighted by Gasteiger charge is -2.27. The van der Waals surface area contributed by atoms with Gasteiger partial charge in [-0.2, -0.15) is 0 Å². The van der Waals surface area contributed by atoms with E-state index in [1.54, 1.807) is 7.11 Å². The van der Waals surface area contributed by atoms with Gasteiger partial charge in [0, 0.05) is 25.8 Å². The highest BCUT2D eigenvalue weighted by Crippen LogP contribution is 2.30. The molecule has 3 heteroatoms. The normalized spacial score (nSPS) is 26.2. The molecule has 2 heterocycles. The molecule has 0 spiro atoms. The predicted octanol–water partition coefficient (Wildman–Crippen LogP) is 1.96. The van der Waals surface area contributed by atoms with Crippen molar-refractivity contribution in [2.75, 3.05) is 13.7 Å². The summed E-state index contributed by atoms with van der Waals surface area (Å²) in [4.78, 5) is 4.57. The molecule has 0 saturated carbocycles. The number of ether oxygens (including phenoxy) is 1. The highest BCUT2D eigenvalue weighted by atomic mass is 16.5. The van der Waals surface area contributed by atoms with Gasteiger partial charge in [0.15, 0.2) is 0 Å². The number of methoxy groups -OCH3 is 1. The summed E-state index contributed by atoms with van der Waals surface area (Å²) in [7, 11) is 1.76. The van der Waals surface area contributed by atoms with Crippen molar-refractivity contribution in [1.82, 2.24) is 9.55 Å². The quantitative estimate of drug-likeness (QED) is 0.719. The van der Waals surface area contributed by atoms with E-state index in [0.717, 1.165) is 24.8 Å². The maximum absolute atomic E-state index is 5.24. The Kier molecular flexibility index (Phi) is 2.59. The van der Waals surface area contributed by atoms with E-state index in [1.165, 1.54) is 12.2 Å². The van der Waals surface area contributed by atoms with Crippen molar-refractivity contribution in [2.24, 2.45) is 5.92 Å². The molecule has 1 aromatic rings. The fourth-order valence-electron chi connectivity index (χ4n) is 2.38. The van der Waals surface area contributed by atoms with Gasteiger partial charge in [0.1, 0.15) is 5.82 Å². The second-order valence-electron chi connectivity index (χ2n) is 4.39. The van der Waals surface area contributed by atoms with E-state index in [0.29, 0.717) is 5.92 Å². The van der Waals surface area contributed by atoms with Gasteiger partial charge in [-0.15, -0.1) is 0 Å². The van der Waals surface area contributed by atoms with Crippen molar-refractivity contribution in [3.05, 3.63) is 17.7 Å². The molecule has 78 valence electrons. The van der Waals surface area contributed by atoms with Crippen LogP contribution in [0.25, 0.3) is 0 Å². The molecule has 2 unspecified atom stereocenters. The molecule has 3 nitrogen and oxygen atoms in total. The first-order valence-corrected chi connectivity index (χ1v) is 5.23. The molecular weight excluding hydrogens is 176 g/mol. The zero-order valence-electron chi connectivity index (χ0n) is 9.16. The summed E-state index contributed by atoms with van der Waals surface area (Å²) in [6, 6.07) is 0. The lowest BCUT2D eigenvalue weighted by Crippen LogP contribution is -2.24. The van der Waals surface area contributed by atoms with Crippen molar-refractivity contribution in [2.45, 2.75) is 32.7 Å². The number of aromatic nitrogens is 2. The van der Waals surface area contributed by atoms with Crippen LogP contribution >= 0.6 is 0 Å². The number of hydrogen-bond acceptors (Lipinski definition) is 2. The van der Waals surface area contributed by atoms with Gasteiger partial charge >= 0.3 is 0 Å². The maximum atomic E-state index is 5.24. The minimum atomic E-state index is 0.484. The summed E-state index contributed by atoms with van der Waals surface area (Å²) < 4.78 is 7.53. The fourth-order valence-corrected chi connectivity index (χ4v) is 2.38. The third kappa shape index (κ3) is 1.69. The van der Waals surface area contributed by atoms with Crippen LogP contribution in [0.15, 0.2) is 6.20 Å². The first-order valence-electron chi connectivity index (χ1n) is 5.23. The van der Waals surface area contributed by atoms with Crippen LogP contribution in [0.3, 0.4) is 0 Å². The molecule has 1 aromatic heterocycles. The molecule has 0 fully saturated rings. The third-order valence-electron chi connectivity index (χ3n) is 2.86. The summed E-state index contributed by atoms with van der Waals surface area (Å²) >= 11 is 0. The van der Waals surface area contributed by atoms with Crippen LogP contribution in [0, 0.1) is 12.8 Å². The smallest absolute Gasteiger partial charge is 0.114 e. The van der Waals surface area contributed by atoms with E-state index in [1.807, 2.05) is 0 Å². The second kappa shape index (κ2) is 3.73. The molecule has 2 atom stereocenters. The number of nitrogens with zero attached hydrogens (tertiary/aromatic N) is 2. The van der Waals surface area contributed by atoms with Gasteiger partial charge in [-0.05, 0) is 19.3 Å². The summed E-state index contributed by atoms with van der Waals surface area (Å²) in [5.74, 6) is 2.43. The Morgan fingerprint density at radius 1 is 1.64 bits per heavy atom. The minimum Gasteiger partial charge on any atom is -0.384 e. The van der Waals surface area contributed by atoms with Crippen LogP contribution in [0.1, 0.15) is 30.8 Å². The van der Waals surface area contributed by atoms with Crippen LogP contribution in [-0.4, -0.2) is 23.3 Å². The Labute approximate surface area is 85.1 Å². The largest absolute Gasteiger partial charge is 0.384 e. The van der Waals surface area contributed by atoms with Gasteiger partial charge in [0.2, 0.25) is 0 Å². The summed E-state index contributed by atoms with van der Waals surface area (Å²) in [6.07, 6.45) is 3.35. The molecule has 0 aliphatic carbocycles. The van der Waals surface area contributed by atoms with E-state index in [9.17, 15) is 0 Å². The average molecular weight is 194 g/mol. The van der Waals surface area contributed by atoms with Crippen LogP contribution in [0.4, 0.5) is 0 Å². The predicted molar refractivity (Wildman–Crippen MR) is 55.4 cm³/mol. The first kappa shape index (κ1) is 9.71. The van der Waals surface area contributed by atoms with Crippen molar-refractivity contribution in [3.8, 4) is 0 Å².